The van der Waals surface area contributed by atoms with Gasteiger partial charge < -0.3 is 64.2 Å². The summed E-state index contributed by atoms with van der Waals surface area (Å²) in [5.41, 5.74) is 0. The van der Waals surface area contributed by atoms with Gasteiger partial charge in [0.15, 0.2) is 12.6 Å². The second-order valence-electron chi connectivity index (χ2n) is 20.8. The van der Waals surface area contributed by atoms with Gasteiger partial charge in [0.1, 0.15) is 54.9 Å². The minimum absolute atomic E-state index is 0.0560. The third-order valence-electron chi connectivity index (χ3n) is 14.1. The molecule has 0 spiro atoms. The molecular weight excluding hydrogens is 933 g/mol. The SMILES string of the molecule is CCC/C=C\C/C=C\CCCCCCCCOCC(COC1OC(COC2OC(CO)C(O)C(O)C2O)C(O)C(O)C1O)OC(=O)CCCCCCCCCCCCCCC/C=C\CCCCCCCCCC. The molecule has 2 fully saturated rings. The molecule has 11 unspecified atom stereocenters. The third kappa shape index (κ3) is 33.2. The number of hydrogen-bond acceptors (Lipinski definition) is 14. The predicted molar refractivity (Wildman–Crippen MR) is 289 cm³/mol. The lowest BCUT2D eigenvalue weighted by molar-refractivity contribution is -0.332. The summed E-state index contributed by atoms with van der Waals surface area (Å²) in [6.07, 6.45) is 37.8. The fourth-order valence-electron chi connectivity index (χ4n) is 9.32. The van der Waals surface area contributed by atoms with E-state index in [0.717, 1.165) is 64.2 Å². The lowest BCUT2D eigenvalue weighted by Gasteiger charge is -2.42. The number of allylic oxidation sites excluding steroid dienone is 6. The van der Waals surface area contributed by atoms with Gasteiger partial charge in [0.25, 0.3) is 0 Å². The molecule has 0 radical (unpaired) electrons. The van der Waals surface area contributed by atoms with Gasteiger partial charge in [-0.2, -0.15) is 0 Å². The van der Waals surface area contributed by atoms with Crippen LogP contribution < -0.4 is 0 Å². The maximum absolute atomic E-state index is 13.1. The van der Waals surface area contributed by atoms with Gasteiger partial charge in [0.05, 0.1) is 26.4 Å². The van der Waals surface area contributed by atoms with E-state index < -0.39 is 80.7 Å². The molecule has 0 saturated carbocycles. The van der Waals surface area contributed by atoms with Gasteiger partial charge in [-0.05, 0) is 64.2 Å². The Labute approximate surface area is 442 Å². The number of carbonyl (C=O) groups is 1. The second kappa shape index (κ2) is 46.3. The molecule has 0 bridgehead atoms. The van der Waals surface area contributed by atoms with Crippen molar-refractivity contribution in [1.29, 1.82) is 0 Å². The fourth-order valence-corrected chi connectivity index (χ4v) is 9.32. The van der Waals surface area contributed by atoms with Gasteiger partial charge >= 0.3 is 5.97 Å². The number of esters is 1. The highest BCUT2D eigenvalue weighted by Gasteiger charge is 2.47. The zero-order valence-electron chi connectivity index (χ0n) is 45.9. The van der Waals surface area contributed by atoms with E-state index in [9.17, 15) is 40.5 Å². The lowest BCUT2D eigenvalue weighted by atomic mass is 9.98. The minimum Gasteiger partial charge on any atom is -0.457 e. The normalized spacial score (nSPS) is 25.2. The Morgan fingerprint density at radius 1 is 0.452 bits per heavy atom. The van der Waals surface area contributed by atoms with Crippen molar-refractivity contribution in [1.82, 2.24) is 0 Å². The molecule has 7 N–H and O–H groups in total. The van der Waals surface area contributed by atoms with Crippen LogP contribution in [0, 0.1) is 0 Å². The number of rotatable bonds is 48. The Balaban J connectivity index is 1.68. The first-order chi connectivity index (χ1) is 35.6. The van der Waals surface area contributed by atoms with E-state index in [2.05, 4.69) is 50.3 Å². The molecule has 0 aromatic carbocycles. The summed E-state index contributed by atoms with van der Waals surface area (Å²) in [5.74, 6) is -0.378. The minimum atomic E-state index is -1.71. The molecule has 2 aliphatic heterocycles. The smallest absolute Gasteiger partial charge is 0.306 e. The van der Waals surface area contributed by atoms with Crippen molar-refractivity contribution in [3.63, 3.8) is 0 Å². The summed E-state index contributed by atoms with van der Waals surface area (Å²) >= 11 is 0. The van der Waals surface area contributed by atoms with Crippen molar-refractivity contribution in [3.05, 3.63) is 36.5 Å². The fraction of sp³-hybridized carbons (Fsp3) is 0.881. The van der Waals surface area contributed by atoms with Crippen LogP contribution in [-0.4, -0.2) is 142 Å². The molecule has 0 aromatic rings. The van der Waals surface area contributed by atoms with Crippen LogP contribution in [0.2, 0.25) is 0 Å². The highest BCUT2D eigenvalue weighted by molar-refractivity contribution is 5.69. The largest absolute Gasteiger partial charge is 0.457 e. The van der Waals surface area contributed by atoms with Crippen LogP contribution in [0.3, 0.4) is 0 Å². The maximum Gasteiger partial charge on any atom is 0.306 e. The maximum atomic E-state index is 13.1. The number of aliphatic hydroxyl groups is 7. The van der Waals surface area contributed by atoms with Gasteiger partial charge in [0, 0.05) is 13.0 Å². The van der Waals surface area contributed by atoms with Crippen molar-refractivity contribution in [2.24, 2.45) is 0 Å². The first-order valence-electron chi connectivity index (χ1n) is 29.6. The third-order valence-corrected chi connectivity index (χ3v) is 14.1. The summed E-state index contributed by atoms with van der Waals surface area (Å²) in [5, 5.41) is 72.3. The molecule has 0 aromatic heterocycles. The molecule has 14 heteroatoms. The van der Waals surface area contributed by atoms with Crippen molar-refractivity contribution >= 4 is 5.97 Å². The number of aliphatic hydroxyl groups excluding tert-OH is 7. The quantitative estimate of drug-likeness (QED) is 0.0172. The summed E-state index contributed by atoms with van der Waals surface area (Å²) in [4.78, 5) is 13.1. The summed E-state index contributed by atoms with van der Waals surface area (Å²) in [7, 11) is 0. The standard InChI is InChI=1S/C59H108O14/c1-3-5-7-9-11-13-15-17-19-20-21-22-23-24-25-26-27-28-29-30-32-34-36-38-40-42-51(61)71-48(45-68-43-41-39-37-35-33-31-18-16-14-12-10-8-6-4-2)46-69-58-57(67)55(65)53(63)50(73-58)47-70-59-56(66)54(64)52(62)49(44-60)72-59/h8,10,14,16,20-21,48-50,52-60,62-67H,3-7,9,11-13,15,17-19,22-47H2,1-2H3/b10-8-,16-14-,21-20-. The molecule has 73 heavy (non-hydrogen) atoms. The van der Waals surface area contributed by atoms with Crippen LogP contribution in [-0.2, 0) is 33.2 Å². The first kappa shape index (κ1) is 67.3. The van der Waals surface area contributed by atoms with E-state index in [-0.39, 0.29) is 25.6 Å². The van der Waals surface area contributed by atoms with Gasteiger partial charge in [-0.1, -0.05) is 198 Å². The Kier molecular flexibility index (Phi) is 42.7. The van der Waals surface area contributed by atoms with Crippen LogP contribution >= 0.6 is 0 Å². The van der Waals surface area contributed by atoms with Gasteiger partial charge in [-0.15, -0.1) is 0 Å². The zero-order chi connectivity index (χ0) is 53.0. The van der Waals surface area contributed by atoms with Crippen LogP contribution in [0.15, 0.2) is 36.5 Å². The first-order valence-corrected chi connectivity index (χ1v) is 29.6. The van der Waals surface area contributed by atoms with Crippen molar-refractivity contribution in [2.45, 2.75) is 300 Å². The zero-order valence-corrected chi connectivity index (χ0v) is 45.9. The van der Waals surface area contributed by atoms with Crippen molar-refractivity contribution in [2.75, 3.05) is 33.0 Å². The topological polar surface area (TPSA) is 214 Å². The van der Waals surface area contributed by atoms with E-state index in [1.165, 1.54) is 141 Å². The van der Waals surface area contributed by atoms with Gasteiger partial charge in [-0.25, -0.2) is 0 Å². The molecule has 428 valence electrons. The molecule has 2 heterocycles. The van der Waals surface area contributed by atoms with Crippen LogP contribution in [0.5, 0.6) is 0 Å². The Bertz CT molecular complexity index is 1350. The van der Waals surface area contributed by atoms with Gasteiger partial charge in [-0.3, -0.25) is 4.79 Å². The molecule has 0 amide bonds. The summed E-state index contributed by atoms with van der Waals surface area (Å²) in [6.45, 7) is 3.63. The Hall–Kier alpha value is -1.79. The molecule has 11 atom stereocenters. The van der Waals surface area contributed by atoms with E-state index in [1.54, 1.807) is 0 Å². The average molecular weight is 1040 g/mol. The monoisotopic (exact) mass is 1040 g/mol. The Morgan fingerprint density at radius 3 is 1.38 bits per heavy atom. The molecule has 2 saturated heterocycles. The molecular formula is C59H108O14. The van der Waals surface area contributed by atoms with E-state index in [1.807, 2.05) is 0 Å². The average Bonchev–Trinajstić information content (AvgIpc) is 3.39. The second-order valence-corrected chi connectivity index (χ2v) is 20.8. The lowest BCUT2D eigenvalue weighted by Crippen LogP contribution is -2.61. The molecule has 14 nitrogen and oxygen atoms in total. The number of carbonyl (C=O) groups excluding carboxylic acids is 1. The van der Waals surface area contributed by atoms with E-state index in [0.29, 0.717) is 13.0 Å². The van der Waals surface area contributed by atoms with Crippen LogP contribution in [0.1, 0.15) is 232 Å². The van der Waals surface area contributed by atoms with E-state index in [4.69, 9.17) is 28.4 Å². The van der Waals surface area contributed by atoms with Crippen molar-refractivity contribution < 1.29 is 69.0 Å². The molecule has 2 aliphatic rings. The molecule has 2 rings (SSSR count). The van der Waals surface area contributed by atoms with Crippen LogP contribution in [0.25, 0.3) is 0 Å². The summed E-state index contributed by atoms with van der Waals surface area (Å²) < 4.78 is 34.4. The highest BCUT2D eigenvalue weighted by atomic mass is 16.7. The Morgan fingerprint density at radius 2 is 0.877 bits per heavy atom. The highest BCUT2D eigenvalue weighted by Crippen LogP contribution is 2.27. The van der Waals surface area contributed by atoms with Crippen LogP contribution in [0.4, 0.5) is 0 Å². The van der Waals surface area contributed by atoms with E-state index >= 15 is 0 Å². The predicted octanol–water partition coefficient (Wildman–Crippen LogP) is 10.5. The number of ether oxygens (including phenoxy) is 6. The van der Waals surface area contributed by atoms with Crippen molar-refractivity contribution in [3.8, 4) is 0 Å². The number of unbranched alkanes of at least 4 members (excludes halogenated alkanes) is 28. The number of hydrogen-bond donors (Lipinski definition) is 7. The molecule has 0 aliphatic carbocycles. The summed E-state index contributed by atoms with van der Waals surface area (Å²) in [6, 6.07) is 0. The van der Waals surface area contributed by atoms with Gasteiger partial charge in [0.2, 0.25) is 0 Å².